The highest BCUT2D eigenvalue weighted by Gasteiger charge is 2.30. The van der Waals surface area contributed by atoms with Crippen LogP contribution in [0, 0.1) is 6.92 Å². The van der Waals surface area contributed by atoms with Crippen LogP contribution < -0.4 is 9.62 Å². The lowest BCUT2D eigenvalue weighted by molar-refractivity contribution is 0.155. The molecule has 2 aromatic heterocycles. The average Bonchev–Trinajstić information content (AvgIpc) is 3.40. The number of pyridine rings is 1. The molecule has 2 aromatic rings. The molecule has 0 aliphatic carbocycles. The van der Waals surface area contributed by atoms with Crippen LogP contribution in [0.4, 0.5) is 16.3 Å². The van der Waals surface area contributed by atoms with E-state index < -0.39 is 24.2 Å². The Kier molecular flexibility index (Phi) is 7.98. The molecule has 0 radical (unpaired) electrons. The van der Waals surface area contributed by atoms with Crippen LogP contribution in [0.2, 0.25) is 25.7 Å². The fourth-order valence-electron chi connectivity index (χ4n) is 3.32. The van der Waals surface area contributed by atoms with Gasteiger partial charge in [0.15, 0.2) is 10.8 Å². The Morgan fingerprint density at radius 1 is 1.39 bits per heavy atom. The summed E-state index contributed by atoms with van der Waals surface area (Å²) in [6, 6.07) is 2.40. The van der Waals surface area contributed by atoms with Gasteiger partial charge in [0.1, 0.15) is 6.73 Å². The topological polar surface area (TPSA) is 125 Å². The standard InChI is InChI=1S/C20H31N5O5S2Si/c1-15-9-19(21-10-17(15)23-16-5-6-24(11-16)20(26)27)32(28,29)25(18-12-31-13-22-18)14-30-7-8-33(2,3)4/h9-10,12-13,16,23H,5-8,11,14H2,1-4H3,(H,26,27). The third-order valence-corrected chi connectivity index (χ3v) is 9.24. The predicted molar refractivity (Wildman–Crippen MR) is 131 cm³/mol. The van der Waals surface area contributed by atoms with Crippen LogP contribution in [-0.2, 0) is 14.8 Å². The summed E-state index contributed by atoms with van der Waals surface area (Å²) in [6.45, 7) is 9.69. The maximum absolute atomic E-state index is 13.4. The van der Waals surface area contributed by atoms with E-state index in [-0.39, 0.29) is 17.8 Å². The summed E-state index contributed by atoms with van der Waals surface area (Å²) in [6.07, 6.45) is 1.22. The molecule has 1 amide bonds. The highest BCUT2D eigenvalue weighted by molar-refractivity contribution is 7.92. The molecule has 0 saturated carbocycles. The number of sulfonamides is 1. The molecule has 182 valence electrons. The number of anilines is 2. The molecular weight excluding hydrogens is 482 g/mol. The van der Waals surface area contributed by atoms with E-state index in [4.69, 9.17) is 9.84 Å². The number of ether oxygens (including phenoxy) is 1. The number of hydrogen-bond donors (Lipinski definition) is 2. The third-order valence-electron chi connectivity index (χ3n) is 5.34. The van der Waals surface area contributed by atoms with Crippen molar-refractivity contribution in [2.75, 3.05) is 36.0 Å². The Morgan fingerprint density at radius 3 is 2.73 bits per heavy atom. The number of aromatic nitrogens is 2. The van der Waals surface area contributed by atoms with Gasteiger partial charge in [0.2, 0.25) is 0 Å². The van der Waals surface area contributed by atoms with E-state index in [1.54, 1.807) is 17.8 Å². The third kappa shape index (κ3) is 6.65. The van der Waals surface area contributed by atoms with Crippen LogP contribution in [0.25, 0.3) is 0 Å². The van der Waals surface area contributed by atoms with Crippen molar-refractivity contribution in [3.05, 3.63) is 28.7 Å². The largest absolute Gasteiger partial charge is 0.465 e. The normalized spacial score (nSPS) is 16.7. The van der Waals surface area contributed by atoms with Gasteiger partial charge in [-0.2, -0.15) is 8.42 Å². The molecule has 13 heteroatoms. The van der Waals surface area contributed by atoms with E-state index in [0.717, 1.165) is 10.3 Å². The van der Waals surface area contributed by atoms with Crippen molar-refractivity contribution >= 4 is 47.0 Å². The Balaban J connectivity index is 1.74. The van der Waals surface area contributed by atoms with Gasteiger partial charge in [0.05, 0.1) is 17.4 Å². The summed E-state index contributed by atoms with van der Waals surface area (Å²) in [5.41, 5.74) is 2.96. The van der Waals surface area contributed by atoms with Crippen molar-refractivity contribution in [2.45, 2.75) is 50.1 Å². The van der Waals surface area contributed by atoms with Gasteiger partial charge >= 0.3 is 6.09 Å². The predicted octanol–water partition coefficient (Wildman–Crippen LogP) is 3.52. The summed E-state index contributed by atoms with van der Waals surface area (Å²) < 4.78 is 33.7. The monoisotopic (exact) mass is 513 g/mol. The molecule has 0 bridgehead atoms. The molecule has 10 nitrogen and oxygen atoms in total. The first-order chi connectivity index (χ1) is 15.5. The van der Waals surface area contributed by atoms with Crippen molar-refractivity contribution in [1.29, 1.82) is 0 Å². The van der Waals surface area contributed by atoms with E-state index in [2.05, 4.69) is 34.9 Å². The minimum Gasteiger partial charge on any atom is -0.465 e. The first-order valence-corrected chi connectivity index (χ1v) is 16.8. The lowest BCUT2D eigenvalue weighted by Gasteiger charge is -2.23. The molecule has 1 saturated heterocycles. The number of likely N-dealkylation sites (tertiary alicyclic amines) is 1. The number of amides is 1. The van der Waals surface area contributed by atoms with Gasteiger partial charge < -0.3 is 20.1 Å². The second kappa shape index (κ2) is 10.4. The SMILES string of the molecule is Cc1cc(S(=O)(=O)N(COCC[Si](C)(C)C)c2cscn2)ncc1NC1CCN(C(=O)O)C1. The first kappa shape index (κ1) is 25.4. The van der Waals surface area contributed by atoms with E-state index in [1.165, 1.54) is 28.5 Å². The zero-order valence-corrected chi connectivity index (χ0v) is 21.9. The second-order valence-electron chi connectivity index (χ2n) is 9.24. The van der Waals surface area contributed by atoms with Crippen LogP contribution >= 0.6 is 11.3 Å². The summed E-state index contributed by atoms with van der Waals surface area (Å²) in [5, 5.41) is 14.0. The van der Waals surface area contributed by atoms with Crippen LogP contribution in [-0.4, -0.2) is 75.0 Å². The minimum absolute atomic E-state index is 0.0460. The Labute approximate surface area is 199 Å². The van der Waals surface area contributed by atoms with Gasteiger partial charge in [-0.1, -0.05) is 19.6 Å². The quantitative estimate of drug-likeness (QED) is 0.281. The average molecular weight is 514 g/mol. The lowest BCUT2D eigenvalue weighted by atomic mass is 10.2. The maximum atomic E-state index is 13.4. The zero-order chi connectivity index (χ0) is 24.2. The molecule has 3 rings (SSSR count). The van der Waals surface area contributed by atoms with Crippen LogP contribution in [0.3, 0.4) is 0 Å². The van der Waals surface area contributed by atoms with Gasteiger partial charge in [-0.15, -0.1) is 11.3 Å². The molecule has 1 aliphatic heterocycles. The molecule has 1 fully saturated rings. The molecule has 2 N–H and O–H groups in total. The number of carboxylic acid groups (broad SMARTS) is 1. The van der Waals surface area contributed by atoms with Crippen LogP contribution in [0.5, 0.6) is 0 Å². The summed E-state index contributed by atoms with van der Waals surface area (Å²) in [7, 11) is -5.29. The number of nitrogens with one attached hydrogen (secondary N) is 1. The number of carbonyl (C=O) groups is 1. The maximum Gasteiger partial charge on any atom is 0.407 e. The second-order valence-corrected chi connectivity index (χ2v) is 17.4. The van der Waals surface area contributed by atoms with Crippen LogP contribution in [0.1, 0.15) is 12.0 Å². The minimum atomic E-state index is -3.99. The molecule has 33 heavy (non-hydrogen) atoms. The summed E-state index contributed by atoms with van der Waals surface area (Å²) >= 11 is 1.31. The van der Waals surface area contributed by atoms with Crippen molar-refractivity contribution in [3.8, 4) is 0 Å². The number of nitrogens with zero attached hydrogens (tertiary/aromatic N) is 4. The molecule has 0 spiro atoms. The number of aryl methyl sites for hydroxylation is 1. The van der Waals surface area contributed by atoms with Gasteiger partial charge in [-0.3, -0.25) is 0 Å². The van der Waals surface area contributed by atoms with Crippen molar-refractivity contribution in [2.24, 2.45) is 0 Å². The van der Waals surface area contributed by atoms with Gasteiger partial charge in [0, 0.05) is 39.2 Å². The van der Waals surface area contributed by atoms with E-state index in [9.17, 15) is 13.2 Å². The Morgan fingerprint density at radius 2 is 2.15 bits per heavy atom. The molecule has 3 heterocycles. The van der Waals surface area contributed by atoms with Crippen LogP contribution in [0.15, 0.2) is 28.2 Å². The Bertz CT molecular complexity index is 1060. The fourth-order valence-corrected chi connectivity index (χ4v) is 5.98. The van der Waals surface area contributed by atoms with Crippen molar-refractivity contribution in [3.63, 3.8) is 0 Å². The Hall–Kier alpha value is -2.22. The number of hydrogen-bond acceptors (Lipinski definition) is 8. The van der Waals surface area contributed by atoms with Gasteiger partial charge in [-0.25, -0.2) is 19.1 Å². The molecule has 0 aromatic carbocycles. The summed E-state index contributed by atoms with van der Waals surface area (Å²) in [5.74, 6) is 0.300. The van der Waals surface area contributed by atoms with E-state index in [1.807, 2.05) is 0 Å². The number of thiazole rings is 1. The number of rotatable bonds is 10. The van der Waals surface area contributed by atoms with Gasteiger partial charge in [0.25, 0.3) is 10.0 Å². The smallest absolute Gasteiger partial charge is 0.407 e. The van der Waals surface area contributed by atoms with Gasteiger partial charge in [-0.05, 0) is 31.0 Å². The fraction of sp³-hybridized carbons (Fsp3) is 0.550. The van der Waals surface area contributed by atoms with E-state index in [0.29, 0.717) is 43.2 Å². The first-order valence-electron chi connectivity index (χ1n) is 10.7. The molecule has 1 aliphatic rings. The highest BCUT2D eigenvalue weighted by Crippen LogP contribution is 2.26. The molecular formula is C20H31N5O5S2Si. The zero-order valence-electron chi connectivity index (χ0n) is 19.3. The highest BCUT2D eigenvalue weighted by atomic mass is 32.2. The lowest BCUT2D eigenvalue weighted by Crippen LogP contribution is -2.35. The van der Waals surface area contributed by atoms with Crippen molar-refractivity contribution < 1.29 is 23.1 Å². The summed E-state index contributed by atoms with van der Waals surface area (Å²) in [4.78, 5) is 20.9. The molecule has 1 atom stereocenters. The van der Waals surface area contributed by atoms with Crippen molar-refractivity contribution in [1.82, 2.24) is 14.9 Å². The molecule has 1 unspecified atom stereocenters. The van der Waals surface area contributed by atoms with E-state index >= 15 is 0 Å².